The summed E-state index contributed by atoms with van der Waals surface area (Å²) >= 11 is 3.29. The number of esters is 1. The zero-order valence-electron chi connectivity index (χ0n) is 24.0. The molecule has 2 heterocycles. The van der Waals surface area contributed by atoms with Crippen LogP contribution in [-0.2, 0) is 23.9 Å². The Bertz CT molecular complexity index is 1120. The Morgan fingerprint density at radius 3 is 2.29 bits per heavy atom. The minimum atomic E-state index is -0.596. The summed E-state index contributed by atoms with van der Waals surface area (Å²) in [6.07, 6.45) is 5.52. The number of rotatable bonds is 19. The molecule has 5 unspecified atom stereocenters. The van der Waals surface area contributed by atoms with Crippen LogP contribution in [0.3, 0.4) is 0 Å². The maximum absolute atomic E-state index is 13.1. The number of halogens is 1. The van der Waals surface area contributed by atoms with E-state index in [1.807, 2.05) is 6.92 Å². The average molecular weight is 653 g/mol. The van der Waals surface area contributed by atoms with Crippen LogP contribution < -0.4 is 19.5 Å². The van der Waals surface area contributed by atoms with Gasteiger partial charge in [-0.2, -0.15) is 0 Å². The molecule has 5 atom stereocenters. The van der Waals surface area contributed by atoms with Gasteiger partial charge in [0.15, 0.2) is 0 Å². The molecule has 3 amide bonds. The van der Waals surface area contributed by atoms with E-state index in [0.29, 0.717) is 13.0 Å². The van der Waals surface area contributed by atoms with Gasteiger partial charge >= 0.3 is 24.0 Å². The van der Waals surface area contributed by atoms with Crippen LogP contribution in [0.25, 0.3) is 0 Å². The smallest absolute Gasteiger partial charge is 0.326 e. The molecule has 14 heteroatoms. The summed E-state index contributed by atoms with van der Waals surface area (Å²) in [5.74, 6) is -2.81. The van der Waals surface area contributed by atoms with E-state index in [9.17, 15) is 19.2 Å². The summed E-state index contributed by atoms with van der Waals surface area (Å²) in [7, 11) is 0. The van der Waals surface area contributed by atoms with E-state index in [-0.39, 0.29) is 81.0 Å². The van der Waals surface area contributed by atoms with Gasteiger partial charge in [-0.05, 0) is 19.3 Å². The number of imide groups is 1. The molecule has 0 bridgehead atoms. The fourth-order valence-electron chi connectivity index (χ4n) is 4.61. The second-order valence-electron chi connectivity index (χ2n) is 10.1. The molecule has 1 saturated heterocycles. The van der Waals surface area contributed by atoms with Gasteiger partial charge in [0.1, 0.15) is 18.0 Å². The second kappa shape index (κ2) is 16.2. The Kier molecular flexibility index (Phi) is 12.7. The van der Waals surface area contributed by atoms with E-state index in [1.165, 1.54) is 17.1 Å². The van der Waals surface area contributed by atoms with E-state index in [1.54, 1.807) is 6.92 Å². The van der Waals surface area contributed by atoms with E-state index in [4.69, 9.17) is 18.9 Å². The number of carbonyl (C=O) groups excluding carboxylic acids is 4. The quantitative estimate of drug-likeness (QED) is 0.0768. The molecule has 13 nitrogen and oxygen atoms in total. The highest BCUT2D eigenvalue weighted by Gasteiger charge is 2.58. The van der Waals surface area contributed by atoms with Crippen LogP contribution in [0.15, 0.2) is 25.3 Å². The Morgan fingerprint density at radius 2 is 1.69 bits per heavy atom. The van der Waals surface area contributed by atoms with Crippen molar-refractivity contribution in [3.05, 3.63) is 25.3 Å². The summed E-state index contributed by atoms with van der Waals surface area (Å²) in [5, 5.41) is 2.75. The third-order valence-electron chi connectivity index (χ3n) is 6.93. The molecule has 3 rings (SSSR count). The highest BCUT2D eigenvalue weighted by atomic mass is 79.9. The Morgan fingerprint density at radius 1 is 1.07 bits per heavy atom. The predicted octanol–water partition coefficient (Wildman–Crippen LogP) is 2.25. The lowest BCUT2D eigenvalue weighted by atomic mass is 9.66. The molecule has 0 aromatic carbocycles. The summed E-state index contributed by atoms with van der Waals surface area (Å²) in [6.45, 7) is 11.9. The highest BCUT2D eigenvalue weighted by molar-refractivity contribution is 9.10. The molecule has 42 heavy (non-hydrogen) atoms. The largest absolute Gasteiger partial charge is 0.465 e. The number of alkyl halides is 1. The molecule has 1 aliphatic carbocycles. The predicted molar refractivity (Wildman–Crippen MR) is 154 cm³/mol. The summed E-state index contributed by atoms with van der Waals surface area (Å²) in [5.41, 5.74) is 0. The summed E-state index contributed by atoms with van der Waals surface area (Å²) < 4.78 is 21.7. The number of nitrogens with one attached hydrogen (secondary N) is 1. The molecule has 1 aromatic rings. The monoisotopic (exact) mass is 651 g/mol. The molecular weight excluding hydrogens is 614 g/mol. The minimum absolute atomic E-state index is 0.00123. The Labute approximate surface area is 253 Å². The molecule has 0 spiro atoms. The first-order chi connectivity index (χ1) is 20.2. The number of nitrogens with zero attached hydrogens (tertiary/aromatic N) is 4. The van der Waals surface area contributed by atoms with Gasteiger partial charge in [-0.25, -0.2) is 0 Å². The van der Waals surface area contributed by atoms with Crippen LogP contribution in [0.1, 0.15) is 39.5 Å². The van der Waals surface area contributed by atoms with Gasteiger partial charge < -0.3 is 24.3 Å². The fraction of sp³-hybridized carbons (Fsp3) is 0.607. The highest BCUT2D eigenvalue weighted by Crippen LogP contribution is 2.47. The number of hydrogen-bond donors (Lipinski definition) is 1. The van der Waals surface area contributed by atoms with Crippen molar-refractivity contribution < 1.29 is 38.1 Å². The van der Waals surface area contributed by atoms with Crippen LogP contribution in [0, 0.1) is 23.7 Å². The van der Waals surface area contributed by atoms with Gasteiger partial charge in [0, 0.05) is 24.9 Å². The van der Waals surface area contributed by atoms with E-state index < -0.39 is 28.6 Å². The SMILES string of the molecule is C=CCOc1nc(OCC=C)nc(OCC2CC3C(=O)N(CCNC(=O)C(C)CC(Br)C(=O)OCCCC)C(=O)C23)n1. The zero-order chi connectivity index (χ0) is 30.6. The lowest BCUT2D eigenvalue weighted by molar-refractivity contribution is -0.144. The molecule has 1 aromatic heterocycles. The van der Waals surface area contributed by atoms with E-state index in [2.05, 4.69) is 49.4 Å². The molecule has 2 aliphatic rings. The van der Waals surface area contributed by atoms with Gasteiger partial charge in [0.2, 0.25) is 17.7 Å². The van der Waals surface area contributed by atoms with Crippen LogP contribution in [-0.4, -0.2) is 87.9 Å². The lowest BCUT2D eigenvalue weighted by Crippen LogP contribution is -2.42. The van der Waals surface area contributed by atoms with Crippen LogP contribution in [0.2, 0.25) is 0 Å². The van der Waals surface area contributed by atoms with Crippen molar-refractivity contribution in [3.8, 4) is 18.0 Å². The van der Waals surface area contributed by atoms with Gasteiger partial charge in [-0.1, -0.05) is 61.5 Å². The molecule has 2 fully saturated rings. The number of ether oxygens (including phenoxy) is 4. The number of amides is 3. The molecule has 230 valence electrons. The second-order valence-corrected chi connectivity index (χ2v) is 11.2. The van der Waals surface area contributed by atoms with Gasteiger partial charge in [-0.3, -0.25) is 24.1 Å². The van der Waals surface area contributed by atoms with Crippen molar-refractivity contribution in [1.82, 2.24) is 25.2 Å². The van der Waals surface area contributed by atoms with Crippen molar-refractivity contribution >= 4 is 39.6 Å². The fourth-order valence-corrected chi connectivity index (χ4v) is 5.30. The maximum Gasteiger partial charge on any atom is 0.326 e. The van der Waals surface area contributed by atoms with Crippen molar-refractivity contribution in [2.45, 2.75) is 44.4 Å². The average Bonchev–Trinajstić information content (AvgIpc) is 3.13. The van der Waals surface area contributed by atoms with Gasteiger partial charge in [0.05, 0.1) is 25.0 Å². The Balaban J connectivity index is 1.46. The minimum Gasteiger partial charge on any atom is -0.465 e. The van der Waals surface area contributed by atoms with Crippen molar-refractivity contribution in [3.63, 3.8) is 0 Å². The molecule has 1 N–H and O–H groups in total. The number of likely N-dealkylation sites (tertiary alicyclic amines) is 1. The number of unbranched alkanes of at least 4 members (excludes halogenated alkanes) is 1. The van der Waals surface area contributed by atoms with Crippen molar-refractivity contribution in [2.24, 2.45) is 23.7 Å². The van der Waals surface area contributed by atoms with Gasteiger partial charge in [0.25, 0.3) is 0 Å². The number of carbonyl (C=O) groups is 4. The molecule has 1 saturated carbocycles. The lowest BCUT2D eigenvalue weighted by Gasteiger charge is -2.35. The third kappa shape index (κ3) is 8.73. The maximum atomic E-state index is 13.1. The van der Waals surface area contributed by atoms with E-state index in [0.717, 1.165) is 12.8 Å². The normalized spacial score (nSPS) is 20.5. The first-order valence-corrected chi connectivity index (χ1v) is 14.9. The summed E-state index contributed by atoms with van der Waals surface area (Å²) in [6, 6.07) is -0.0330. The number of aromatic nitrogens is 3. The van der Waals surface area contributed by atoms with Crippen LogP contribution in [0.5, 0.6) is 18.0 Å². The first-order valence-electron chi connectivity index (χ1n) is 14.0. The van der Waals surface area contributed by atoms with Gasteiger partial charge in [-0.15, -0.1) is 15.0 Å². The van der Waals surface area contributed by atoms with Crippen LogP contribution >= 0.6 is 15.9 Å². The van der Waals surface area contributed by atoms with Crippen molar-refractivity contribution in [2.75, 3.05) is 39.5 Å². The molecular formula is C28H38BrN5O8. The van der Waals surface area contributed by atoms with Crippen molar-refractivity contribution in [1.29, 1.82) is 0 Å². The topological polar surface area (TPSA) is 159 Å². The standard InChI is InChI=1S/C28H38BrN5O8/c1-5-8-13-39-25(38)20(29)14-17(4)22(35)30-9-10-34-23(36)19-15-18(21(19)24(34)37)16-42-28-32-26(40-11-6-2)31-27(33-28)41-12-7-3/h6-7,17-21H,2-3,5,8-16H2,1,4H3,(H,30,35). The zero-order valence-corrected chi connectivity index (χ0v) is 25.5. The molecule has 0 radical (unpaired) electrons. The van der Waals surface area contributed by atoms with E-state index >= 15 is 0 Å². The van der Waals surface area contributed by atoms with Crippen LogP contribution in [0.4, 0.5) is 0 Å². The first kappa shape index (κ1) is 33.0. The third-order valence-corrected chi connectivity index (χ3v) is 7.68. The Hall–Kier alpha value is -3.55. The number of fused-ring (bicyclic) bond motifs is 1. The summed E-state index contributed by atoms with van der Waals surface area (Å²) in [4.78, 5) is 63.3. The number of hydrogen-bond acceptors (Lipinski definition) is 11. The molecule has 1 aliphatic heterocycles.